The van der Waals surface area contributed by atoms with Crippen molar-refractivity contribution in [2.24, 2.45) is 5.41 Å². The van der Waals surface area contributed by atoms with Gasteiger partial charge < -0.3 is 15.3 Å². The fourth-order valence-electron chi connectivity index (χ4n) is 3.74. The van der Waals surface area contributed by atoms with Crippen LogP contribution in [0, 0.1) is 5.41 Å². The van der Waals surface area contributed by atoms with Gasteiger partial charge in [-0.05, 0) is 63.2 Å². The number of nitrogens with zero attached hydrogens (tertiary/aromatic N) is 1. The monoisotopic (exact) mass is 294 g/mol. The second-order valence-corrected chi connectivity index (χ2v) is 7.11. The summed E-state index contributed by atoms with van der Waals surface area (Å²) in [6, 6.07) is 0.274. The lowest BCUT2D eigenvalue weighted by molar-refractivity contribution is -0.142. The fourth-order valence-corrected chi connectivity index (χ4v) is 3.74. The minimum atomic E-state index is -0.926. The zero-order valence-corrected chi connectivity index (χ0v) is 12.6. The number of nitrogens with one attached hydrogen (secondary N) is 1. The SMILES string of the molecule is O=C(CN1CCCCC(O)C1=O)NC1CCC2(CC1)CC2. The standard InChI is InChI=1S/C16H26N2O3/c19-13-3-1-2-10-18(15(13)21)11-14(20)17-12-4-6-16(7-5-12)8-9-16/h12-13,19H,1-11H2,(H,17,20). The third-order valence-electron chi connectivity index (χ3n) is 5.46. The van der Waals surface area contributed by atoms with E-state index in [1.807, 2.05) is 0 Å². The van der Waals surface area contributed by atoms with E-state index in [9.17, 15) is 14.7 Å². The Labute approximate surface area is 126 Å². The number of amides is 2. The summed E-state index contributed by atoms with van der Waals surface area (Å²) >= 11 is 0. The first kappa shape index (κ1) is 14.8. The molecule has 3 fully saturated rings. The Morgan fingerprint density at radius 2 is 1.90 bits per heavy atom. The molecular weight excluding hydrogens is 268 g/mol. The maximum Gasteiger partial charge on any atom is 0.251 e. The third-order valence-corrected chi connectivity index (χ3v) is 5.46. The van der Waals surface area contributed by atoms with E-state index >= 15 is 0 Å². The largest absolute Gasteiger partial charge is 0.383 e. The molecule has 0 aromatic carbocycles. The molecule has 2 N–H and O–H groups in total. The van der Waals surface area contributed by atoms with Gasteiger partial charge in [-0.15, -0.1) is 0 Å². The van der Waals surface area contributed by atoms with Crippen LogP contribution in [0.5, 0.6) is 0 Å². The second kappa shape index (κ2) is 5.95. The molecule has 3 rings (SSSR count). The van der Waals surface area contributed by atoms with Crippen LogP contribution >= 0.6 is 0 Å². The molecule has 0 aromatic heterocycles. The molecule has 5 nitrogen and oxygen atoms in total. The molecule has 21 heavy (non-hydrogen) atoms. The van der Waals surface area contributed by atoms with Crippen LogP contribution in [-0.4, -0.2) is 47.1 Å². The molecule has 5 heteroatoms. The van der Waals surface area contributed by atoms with Gasteiger partial charge in [-0.1, -0.05) is 0 Å². The van der Waals surface area contributed by atoms with Crippen molar-refractivity contribution in [3.05, 3.63) is 0 Å². The van der Waals surface area contributed by atoms with Crippen molar-refractivity contribution in [1.29, 1.82) is 0 Å². The zero-order valence-electron chi connectivity index (χ0n) is 12.6. The van der Waals surface area contributed by atoms with E-state index < -0.39 is 6.10 Å². The van der Waals surface area contributed by atoms with Crippen molar-refractivity contribution in [3.63, 3.8) is 0 Å². The number of carbonyl (C=O) groups is 2. The molecule has 1 heterocycles. The number of aliphatic hydroxyl groups excluding tert-OH is 1. The molecule has 1 saturated heterocycles. The van der Waals surface area contributed by atoms with Gasteiger partial charge in [0, 0.05) is 12.6 Å². The minimum absolute atomic E-state index is 0.0748. The van der Waals surface area contributed by atoms with Crippen LogP contribution in [0.3, 0.4) is 0 Å². The normalized spacial score (nSPS) is 29.3. The van der Waals surface area contributed by atoms with Crippen molar-refractivity contribution in [2.75, 3.05) is 13.1 Å². The number of hydrogen-bond acceptors (Lipinski definition) is 3. The lowest BCUT2D eigenvalue weighted by Gasteiger charge is -2.30. The Bertz CT molecular complexity index is 410. The first-order valence-corrected chi connectivity index (χ1v) is 8.34. The number of carbonyl (C=O) groups excluding carboxylic acids is 2. The number of rotatable bonds is 3. The molecule has 0 aromatic rings. The van der Waals surface area contributed by atoms with Crippen molar-refractivity contribution in [3.8, 4) is 0 Å². The first-order valence-electron chi connectivity index (χ1n) is 8.34. The van der Waals surface area contributed by atoms with Crippen LogP contribution < -0.4 is 5.32 Å². The van der Waals surface area contributed by atoms with Gasteiger partial charge in [0.25, 0.3) is 5.91 Å². The van der Waals surface area contributed by atoms with Crippen LogP contribution in [0.25, 0.3) is 0 Å². The minimum Gasteiger partial charge on any atom is -0.383 e. The molecule has 1 aliphatic heterocycles. The van der Waals surface area contributed by atoms with E-state index in [0.717, 1.165) is 25.7 Å². The van der Waals surface area contributed by atoms with Crippen LogP contribution in [0.4, 0.5) is 0 Å². The van der Waals surface area contributed by atoms with Crippen molar-refractivity contribution < 1.29 is 14.7 Å². The Morgan fingerprint density at radius 1 is 1.19 bits per heavy atom. The number of aliphatic hydroxyl groups is 1. The van der Waals surface area contributed by atoms with E-state index in [4.69, 9.17) is 0 Å². The average Bonchev–Trinajstić information content (AvgIpc) is 3.24. The summed E-state index contributed by atoms with van der Waals surface area (Å²) in [5, 5.41) is 12.8. The topological polar surface area (TPSA) is 69.6 Å². The van der Waals surface area contributed by atoms with Crippen molar-refractivity contribution >= 4 is 11.8 Å². The van der Waals surface area contributed by atoms with E-state index in [1.165, 1.54) is 30.6 Å². The quantitative estimate of drug-likeness (QED) is 0.821. The van der Waals surface area contributed by atoms with E-state index in [0.29, 0.717) is 18.4 Å². The highest BCUT2D eigenvalue weighted by atomic mass is 16.3. The predicted octanol–water partition coefficient (Wildman–Crippen LogP) is 1.20. The maximum absolute atomic E-state index is 12.1. The van der Waals surface area contributed by atoms with Crippen molar-refractivity contribution in [2.45, 2.75) is 69.9 Å². The van der Waals surface area contributed by atoms with Crippen LogP contribution in [0.15, 0.2) is 0 Å². The molecule has 3 aliphatic rings. The van der Waals surface area contributed by atoms with Crippen LogP contribution in [0.1, 0.15) is 57.8 Å². The lowest BCUT2D eigenvalue weighted by atomic mass is 9.83. The van der Waals surface area contributed by atoms with E-state index in [-0.39, 0.29) is 24.4 Å². The maximum atomic E-state index is 12.1. The van der Waals surface area contributed by atoms with Gasteiger partial charge in [-0.2, -0.15) is 0 Å². The first-order chi connectivity index (χ1) is 10.1. The van der Waals surface area contributed by atoms with Gasteiger partial charge in [-0.25, -0.2) is 0 Å². The Hall–Kier alpha value is -1.10. The van der Waals surface area contributed by atoms with E-state index in [1.54, 1.807) is 0 Å². The van der Waals surface area contributed by atoms with Gasteiger partial charge >= 0.3 is 0 Å². The van der Waals surface area contributed by atoms with Crippen molar-refractivity contribution in [1.82, 2.24) is 10.2 Å². The molecule has 2 amide bonds. The second-order valence-electron chi connectivity index (χ2n) is 7.11. The van der Waals surface area contributed by atoms with Gasteiger partial charge in [0.2, 0.25) is 5.91 Å². The summed E-state index contributed by atoms with van der Waals surface area (Å²) in [5.41, 5.74) is 0.631. The van der Waals surface area contributed by atoms with Gasteiger partial charge in [0.05, 0.1) is 6.54 Å². The van der Waals surface area contributed by atoms with Gasteiger partial charge in [0.15, 0.2) is 0 Å². The Balaban J connectivity index is 1.45. The highest BCUT2D eigenvalue weighted by molar-refractivity contribution is 5.87. The smallest absolute Gasteiger partial charge is 0.251 e. The Kier molecular flexibility index (Phi) is 4.20. The predicted molar refractivity (Wildman–Crippen MR) is 78.5 cm³/mol. The average molecular weight is 294 g/mol. The highest BCUT2D eigenvalue weighted by Gasteiger charge is 2.44. The molecular formula is C16H26N2O3. The van der Waals surface area contributed by atoms with Gasteiger partial charge in [-0.3, -0.25) is 9.59 Å². The molecule has 0 radical (unpaired) electrons. The van der Waals surface area contributed by atoms with E-state index in [2.05, 4.69) is 5.32 Å². The highest BCUT2D eigenvalue weighted by Crippen LogP contribution is 2.56. The summed E-state index contributed by atoms with van der Waals surface area (Å²) < 4.78 is 0. The third kappa shape index (κ3) is 3.57. The molecule has 1 unspecified atom stereocenters. The molecule has 2 aliphatic carbocycles. The molecule has 118 valence electrons. The van der Waals surface area contributed by atoms with Crippen LogP contribution in [-0.2, 0) is 9.59 Å². The molecule has 1 spiro atoms. The summed E-state index contributed by atoms with van der Waals surface area (Å²) in [4.78, 5) is 25.6. The fraction of sp³-hybridized carbons (Fsp3) is 0.875. The summed E-state index contributed by atoms with van der Waals surface area (Å²) in [7, 11) is 0. The zero-order chi connectivity index (χ0) is 14.9. The molecule has 1 atom stereocenters. The van der Waals surface area contributed by atoms with Crippen LogP contribution in [0.2, 0.25) is 0 Å². The Morgan fingerprint density at radius 3 is 2.57 bits per heavy atom. The summed E-state index contributed by atoms with van der Waals surface area (Å²) in [5.74, 6) is -0.363. The number of hydrogen-bond donors (Lipinski definition) is 2. The molecule has 2 saturated carbocycles. The molecule has 0 bridgehead atoms. The number of likely N-dealkylation sites (tertiary alicyclic amines) is 1. The lowest BCUT2D eigenvalue weighted by Crippen LogP contribution is -2.47. The summed E-state index contributed by atoms with van der Waals surface area (Å²) in [6.07, 6.45) is 8.65. The summed E-state index contributed by atoms with van der Waals surface area (Å²) in [6.45, 7) is 0.675. The van der Waals surface area contributed by atoms with Gasteiger partial charge in [0.1, 0.15) is 6.10 Å².